The standard InChI is InChI=1S/C13H25N/c1-3-11(2)9-13(14)10-12-7-5-4-6-8-12/h7,11,13H,3-6,8-10,14H2,1-2H3. The maximum Gasteiger partial charge on any atom is 0.00786 e. The molecule has 0 aliphatic heterocycles. The van der Waals surface area contributed by atoms with Gasteiger partial charge in [-0.3, -0.25) is 0 Å². The zero-order chi connectivity index (χ0) is 10.4. The van der Waals surface area contributed by atoms with Crippen LogP contribution < -0.4 is 5.73 Å². The van der Waals surface area contributed by atoms with Gasteiger partial charge >= 0.3 is 0 Å². The summed E-state index contributed by atoms with van der Waals surface area (Å²) in [6.07, 6.45) is 11.3. The highest BCUT2D eigenvalue weighted by Crippen LogP contribution is 2.23. The molecule has 2 atom stereocenters. The first-order valence-corrected chi connectivity index (χ1v) is 6.15. The average molecular weight is 195 g/mol. The Balaban J connectivity index is 2.25. The van der Waals surface area contributed by atoms with Crippen molar-refractivity contribution in [2.75, 3.05) is 0 Å². The van der Waals surface area contributed by atoms with Crippen LogP contribution in [0.15, 0.2) is 11.6 Å². The molecule has 82 valence electrons. The normalized spacial score (nSPS) is 21.5. The first kappa shape index (κ1) is 11.8. The third-order valence-electron chi connectivity index (χ3n) is 3.31. The minimum atomic E-state index is 0.397. The third kappa shape index (κ3) is 4.28. The molecule has 2 N–H and O–H groups in total. The van der Waals surface area contributed by atoms with Crippen LogP contribution in [0, 0.1) is 5.92 Å². The molecule has 0 aromatic heterocycles. The predicted octanol–water partition coefficient (Wildman–Crippen LogP) is 3.64. The summed E-state index contributed by atoms with van der Waals surface area (Å²) in [6.45, 7) is 4.55. The van der Waals surface area contributed by atoms with Crippen molar-refractivity contribution in [3.05, 3.63) is 11.6 Å². The van der Waals surface area contributed by atoms with Gasteiger partial charge in [-0.1, -0.05) is 31.9 Å². The maximum atomic E-state index is 6.14. The van der Waals surface area contributed by atoms with Gasteiger partial charge in [0.05, 0.1) is 0 Å². The van der Waals surface area contributed by atoms with Gasteiger partial charge in [0.15, 0.2) is 0 Å². The molecule has 0 aromatic carbocycles. The van der Waals surface area contributed by atoms with E-state index >= 15 is 0 Å². The van der Waals surface area contributed by atoms with E-state index in [1.165, 1.54) is 38.5 Å². The number of hydrogen-bond donors (Lipinski definition) is 1. The smallest absolute Gasteiger partial charge is 0.00786 e. The fourth-order valence-electron chi connectivity index (χ4n) is 2.19. The summed E-state index contributed by atoms with van der Waals surface area (Å²) in [5, 5.41) is 0. The largest absolute Gasteiger partial charge is 0.327 e. The van der Waals surface area contributed by atoms with Crippen LogP contribution in [0.25, 0.3) is 0 Å². The average Bonchev–Trinajstić information content (AvgIpc) is 2.19. The summed E-state index contributed by atoms with van der Waals surface area (Å²) in [5.41, 5.74) is 7.76. The molecule has 1 rings (SSSR count). The predicted molar refractivity (Wildman–Crippen MR) is 63.2 cm³/mol. The van der Waals surface area contributed by atoms with Crippen LogP contribution in [-0.2, 0) is 0 Å². The van der Waals surface area contributed by atoms with Gasteiger partial charge in [-0.15, -0.1) is 0 Å². The van der Waals surface area contributed by atoms with E-state index in [9.17, 15) is 0 Å². The fourth-order valence-corrected chi connectivity index (χ4v) is 2.19. The summed E-state index contributed by atoms with van der Waals surface area (Å²) in [5.74, 6) is 0.786. The molecule has 14 heavy (non-hydrogen) atoms. The van der Waals surface area contributed by atoms with Crippen LogP contribution >= 0.6 is 0 Å². The lowest BCUT2D eigenvalue weighted by molar-refractivity contribution is 0.444. The van der Waals surface area contributed by atoms with Crippen molar-refractivity contribution in [2.24, 2.45) is 11.7 Å². The van der Waals surface area contributed by atoms with E-state index in [1.807, 2.05) is 0 Å². The lowest BCUT2D eigenvalue weighted by atomic mass is 9.90. The van der Waals surface area contributed by atoms with Gasteiger partial charge in [-0.05, 0) is 44.4 Å². The van der Waals surface area contributed by atoms with Gasteiger partial charge in [-0.2, -0.15) is 0 Å². The fraction of sp³-hybridized carbons (Fsp3) is 0.846. The van der Waals surface area contributed by atoms with Crippen LogP contribution in [0.5, 0.6) is 0 Å². The SMILES string of the molecule is CCC(C)CC(N)CC1=CCCCC1. The second kappa shape index (κ2) is 6.23. The van der Waals surface area contributed by atoms with Crippen molar-refractivity contribution >= 4 is 0 Å². The molecular formula is C13H25N. The quantitative estimate of drug-likeness (QED) is 0.666. The van der Waals surface area contributed by atoms with Gasteiger partial charge < -0.3 is 5.73 Å². The van der Waals surface area contributed by atoms with Crippen LogP contribution in [0.1, 0.15) is 58.8 Å². The van der Waals surface area contributed by atoms with E-state index in [0.29, 0.717) is 6.04 Å². The zero-order valence-electron chi connectivity index (χ0n) is 9.76. The molecule has 1 aliphatic carbocycles. The number of nitrogens with two attached hydrogens (primary N) is 1. The van der Waals surface area contributed by atoms with Gasteiger partial charge in [-0.25, -0.2) is 0 Å². The van der Waals surface area contributed by atoms with Crippen LogP contribution in [0.4, 0.5) is 0 Å². The van der Waals surface area contributed by atoms with Crippen molar-refractivity contribution < 1.29 is 0 Å². The Morgan fingerprint density at radius 1 is 1.43 bits per heavy atom. The Morgan fingerprint density at radius 3 is 2.79 bits per heavy atom. The molecule has 0 bridgehead atoms. The van der Waals surface area contributed by atoms with Crippen molar-refractivity contribution in [1.29, 1.82) is 0 Å². The summed E-state index contributed by atoms with van der Waals surface area (Å²) >= 11 is 0. The zero-order valence-corrected chi connectivity index (χ0v) is 9.76. The lowest BCUT2D eigenvalue weighted by Gasteiger charge is -2.19. The molecule has 2 unspecified atom stereocenters. The molecule has 0 amide bonds. The van der Waals surface area contributed by atoms with Crippen molar-refractivity contribution in [3.8, 4) is 0 Å². The van der Waals surface area contributed by atoms with E-state index in [0.717, 1.165) is 12.3 Å². The highest BCUT2D eigenvalue weighted by molar-refractivity contribution is 5.06. The summed E-state index contributed by atoms with van der Waals surface area (Å²) in [7, 11) is 0. The summed E-state index contributed by atoms with van der Waals surface area (Å²) in [4.78, 5) is 0. The maximum absolute atomic E-state index is 6.14. The van der Waals surface area contributed by atoms with Gasteiger partial charge in [0.2, 0.25) is 0 Å². The Kier molecular flexibility index (Phi) is 5.24. The summed E-state index contributed by atoms with van der Waals surface area (Å²) in [6, 6.07) is 0.397. The van der Waals surface area contributed by atoms with Crippen molar-refractivity contribution in [3.63, 3.8) is 0 Å². The van der Waals surface area contributed by atoms with Crippen LogP contribution in [-0.4, -0.2) is 6.04 Å². The van der Waals surface area contributed by atoms with E-state index in [4.69, 9.17) is 5.73 Å². The van der Waals surface area contributed by atoms with E-state index < -0.39 is 0 Å². The van der Waals surface area contributed by atoms with Crippen LogP contribution in [0.2, 0.25) is 0 Å². The molecule has 1 nitrogen and oxygen atoms in total. The van der Waals surface area contributed by atoms with Gasteiger partial charge in [0.25, 0.3) is 0 Å². The Morgan fingerprint density at radius 2 is 2.21 bits per heavy atom. The first-order valence-electron chi connectivity index (χ1n) is 6.15. The van der Waals surface area contributed by atoms with Gasteiger partial charge in [0, 0.05) is 6.04 Å². The molecule has 0 fully saturated rings. The Bertz CT molecular complexity index is 184. The van der Waals surface area contributed by atoms with Crippen LogP contribution in [0.3, 0.4) is 0 Å². The van der Waals surface area contributed by atoms with E-state index in [2.05, 4.69) is 19.9 Å². The molecule has 1 aliphatic rings. The number of hydrogen-bond acceptors (Lipinski definition) is 1. The third-order valence-corrected chi connectivity index (χ3v) is 3.31. The monoisotopic (exact) mass is 195 g/mol. The van der Waals surface area contributed by atoms with Crippen molar-refractivity contribution in [1.82, 2.24) is 0 Å². The van der Waals surface area contributed by atoms with E-state index in [-0.39, 0.29) is 0 Å². The minimum Gasteiger partial charge on any atom is -0.327 e. The molecule has 0 heterocycles. The molecule has 0 saturated heterocycles. The molecule has 0 radical (unpaired) electrons. The molecular weight excluding hydrogens is 170 g/mol. The number of allylic oxidation sites excluding steroid dienone is 1. The minimum absolute atomic E-state index is 0.397. The topological polar surface area (TPSA) is 26.0 Å². The second-order valence-electron chi connectivity index (χ2n) is 4.82. The summed E-state index contributed by atoms with van der Waals surface area (Å²) < 4.78 is 0. The Hall–Kier alpha value is -0.300. The lowest BCUT2D eigenvalue weighted by Crippen LogP contribution is -2.23. The molecule has 0 aromatic rings. The van der Waals surface area contributed by atoms with E-state index in [1.54, 1.807) is 5.57 Å². The first-order chi connectivity index (χ1) is 6.72. The molecule has 0 saturated carbocycles. The number of rotatable bonds is 5. The van der Waals surface area contributed by atoms with Gasteiger partial charge in [0.1, 0.15) is 0 Å². The highest BCUT2D eigenvalue weighted by atomic mass is 14.6. The van der Waals surface area contributed by atoms with Crippen molar-refractivity contribution in [2.45, 2.75) is 64.8 Å². The second-order valence-corrected chi connectivity index (χ2v) is 4.82. The highest BCUT2D eigenvalue weighted by Gasteiger charge is 2.11. The molecule has 0 spiro atoms. The Labute approximate surface area is 88.8 Å². The molecule has 1 heteroatoms.